The monoisotopic (exact) mass is 392 g/mol. The lowest BCUT2D eigenvalue weighted by Crippen LogP contribution is -1.94. The second-order valence-corrected chi connectivity index (χ2v) is 6.22. The van der Waals surface area contributed by atoms with Gasteiger partial charge in [0.25, 0.3) is 0 Å². The van der Waals surface area contributed by atoms with Crippen molar-refractivity contribution in [3.8, 4) is 0 Å². The van der Waals surface area contributed by atoms with Crippen LogP contribution in [0.2, 0.25) is 5.02 Å². The molecule has 88 valence electrons. The predicted octanol–water partition coefficient (Wildman–Crippen LogP) is 6.19. The summed E-state index contributed by atoms with van der Waals surface area (Å²) in [6.07, 6.45) is 0. The van der Waals surface area contributed by atoms with E-state index in [-0.39, 0.29) is 5.38 Å². The third-order valence-corrected chi connectivity index (χ3v) is 4.37. The first-order valence-electron chi connectivity index (χ1n) is 4.92. The van der Waals surface area contributed by atoms with Gasteiger partial charge < -0.3 is 0 Å². The van der Waals surface area contributed by atoms with Crippen LogP contribution in [-0.2, 0) is 0 Å². The Morgan fingerprint density at radius 1 is 0.941 bits per heavy atom. The smallest absolute Gasteiger partial charge is 0.0846 e. The topological polar surface area (TPSA) is 0 Å². The fourth-order valence-electron chi connectivity index (χ4n) is 1.52. The van der Waals surface area contributed by atoms with Crippen molar-refractivity contribution in [2.45, 2.75) is 5.38 Å². The molecule has 0 bridgehead atoms. The van der Waals surface area contributed by atoms with Gasteiger partial charge in [0.1, 0.15) is 0 Å². The van der Waals surface area contributed by atoms with E-state index in [1.165, 1.54) is 0 Å². The van der Waals surface area contributed by atoms with Gasteiger partial charge in [0, 0.05) is 14.0 Å². The summed E-state index contributed by atoms with van der Waals surface area (Å²) in [5.74, 6) is 0. The van der Waals surface area contributed by atoms with E-state index in [2.05, 4.69) is 31.9 Å². The van der Waals surface area contributed by atoms with Gasteiger partial charge in [-0.3, -0.25) is 0 Å². The number of hydrogen-bond donors (Lipinski definition) is 0. The van der Waals surface area contributed by atoms with Crippen LogP contribution in [0.15, 0.2) is 51.4 Å². The fourth-order valence-corrected chi connectivity index (χ4v) is 2.90. The minimum absolute atomic E-state index is 0.212. The number of benzene rings is 2. The minimum atomic E-state index is -0.212. The molecule has 1 atom stereocenters. The number of alkyl halides is 1. The van der Waals surface area contributed by atoms with E-state index < -0.39 is 0 Å². The van der Waals surface area contributed by atoms with E-state index in [0.717, 1.165) is 20.1 Å². The van der Waals surface area contributed by atoms with E-state index in [1.807, 2.05) is 42.5 Å². The molecule has 0 amide bonds. The fraction of sp³-hybridized carbons (Fsp3) is 0.0769. The molecule has 0 fully saturated rings. The Morgan fingerprint density at radius 2 is 1.59 bits per heavy atom. The van der Waals surface area contributed by atoms with E-state index in [9.17, 15) is 0 Å². The van der Waals surface area contributed by atoms with Crippen LogP contribution >= 0.6 is 55.1 Å². The molecular formula is C13H8Br2Cl2. The first kappa shape index (κ1) is 13.4. The van der Waals surface area contributed by atoms with E-state index in [4.69, 9.17) is 23.2 Å². The molecule has 2 aromatic rings. The molecular weight excluding hydrogens is 387 g/mol. The molecule has 0 aliphatic carbocycles. The maximum Gasteiger partial charge on any atom is 0.0846 e. The van der Waals surface area contributed by atoms with Gasteiger partial charge in [0.15, 0.2) is 0 Å². The van der Waals surface area contributed by atoms with Gasteiger partial charge in [-0.2, -0.15) is 0 Å². The van der Waals surface area contributed by atoms with Crippen LogP contribution in [0, 0.1) is 0 Å². The highest BCUT2D eigenvalue weighted by atomic mass is 79.9. The van der Waals surface area contributed by atoms with Crippen LogP contribution in [0.3, 0.4) is 0 Å². The third-order valence-electron chi connectivity index (χ3n) is 2.39. The zero-order valence-electron chi connectivity index (χ0n) is 8.63. The standard InChI is InChI=1S/C13H8Br2Cl2/c14-9-3-1-8(2-4-9)13(17)11-7-10(16)5-6-12(11)15/h1-7,13H. The Bertz CT molecular complexity index is 523. The lowest BCUT2D eigenvalue weighted by atomic mass is 10.0. The van der Waals surface area contributed by atoms with Crippen molar-refractivity contribution in [3.05, 3.63) is 67.6 Å². The molecule has 0 heterocycles. The van der Waals surface area contributed by atoms with Gasteiger partial charge in [-0.25, -0.2) is 0 Å². The Balaban J connectivity index is 2.39. The SMILES string of the molecule is Clc1ccc(Br)c(C(Cl)c2ccc(Br)cc2)c1. The summed E-state index contributed by atoms with van der Waals surface area (Å²) in [5.41, 5.74) is 2.01. The first-order valence-corrected chi connectivity index (χ1v) is 7.32. The first-order chi connectivity index (χ1) is 8.08. The van der Waals surface area contributed by atoms with Crippen LogP contribution in [0.5, 0.6) is 0 Å². The molecule has 0 aliphatic heterocycles. The van der Waals surface area contributed by atoms with Gasteiger partial charge in [-0.1, -0.05) is 55.6 Å². The molecule has 0 nitrogen and oxygen atoms in total. The lowest BCUT2D eigenvalue weighted by Gasteiger charge is -2.12. The molecule has 0 aromatic heterocycles. The van der Waals surface area contributed by atoms with Crippen molar-refractivity contribution in [1.82, 2.24) is 0 Å². The normalized spacial score (nSPS) is 12.5. The summed E-state index contributed by atoms with van der Waals surface area (Å²) in [6, 6.07) is 13.6. The van der Waals surface area contributed by atoms with Gasteiger partial charge in [0.05, 0.1) is 5.38 Å². The Kier molecular flexibility index (Phi) is 4.53. The molecule has 17 heavy (non-hydrogen) atoms. The van der Waals surface area contributed by atoms with Crippen LogP contribution in [0.4, 0.5) is 0 Å². The van der Waals surface area contributed by atoms with Crippen molar-refractivity contribution < 1.29 is 0 Å². The zero-order valence-corrected chi connectivity index (χ0v) is 13.3. The molecule has 1 unspecified atom stereocenters. The maximum absolute atomic E-state index is 6.46. The summed E-state index contributed by atoms with van der Waals surface area (Å²) in [5, 5.41) is 0.474. The summed E-state index contributed by atoms with van der Waals surface area (Å²) in [4.78, 5) is 0. The van der Waals surface area contributed by atoms with Crippen molar-refractivity contribution in [2.24, 2.45) is 0 Å². The van der Waals surface area contributed by atoms with E-state index >= 15 is 0 Å². The number of hydrogen-bond acceptors (Lipinski definition) is 0. The minimum Gasteiger partial charge on any atom is -0.113 e. The molecule has 2 rings (SSSR count). The molecule has 0 radical (unpaired) electrons. The zero-order chi connectivity index (χ0) is 12.4. The van der Waals surface area contributed by atoms with Crippen molar-refractivity contribution in [2.75, 3.05) is 0 Å². The van der Waals surface area contributed by atoms with Gasteiger partial charge >= 0.3 is 0 Å². The Labute approximate surface area is 127 Å². The van der Waals surface area contributed by atoms with Crippen LogP contribution < -0.4 is 0 Å². The van der Waals surface area contributed by atoms with E-state index in [0.29, 0.717) is 5.02 Å². The lowest BCUT2D eigenvalue weighted by molar-refractivity contribution is 1.13. The van der Waals surface area contributed by atoms with Crippen molar-refractivity contribution >= 4 is 55.1 Å². The van der Waals surface area contributed by atoms with Gasteiger partial charge in [0.2, 0.25) is 0 Å². The molecule has 0 saturated carbocycles. The second-order valence-electron chi connectivity index (χ2n) is 3.58. The van der Waals surface area contributed by atoms with E-state index in [1.54, 1.807) is 0 Å². The predicted molar refractivity (Wildman–Crippen MR) is 81.0 cm³/mol. The third kappa shape index (κ3) is 3.25. The summed E-state index contributed by atoms with van der Waals surface area (Å²) in [7, 11) is 0. The molecule has 0 spiro atoms. The maximum atomic E-state index is 6.46. The highest BCUT2D eigenvalue weighted by Crippen LogP contribution is 2.35. The van der Waals surface area contributed by atoms with Crippen LogP contribution in [0.25, 0.3) is 0 Å². The molecule has 2 aromatic carbocycles. The molecule has 4 heteroatoms. The Morgan fingerprint density at radius 3 is 2.24 bits per heavy atom. The average Bonchev–Trinajstić information content (AvgIpc) is 2.32. The van der Waals surface area contributed by atoms with Gasteiger partial charge in [-0.05, 0) is 41.5 Å². The second kappa shape index (κ2) is 5.75. The van der Waals surface area contributed by atoms with Crippen molar-refractivity contribution in [3.63, 3.8) is 0 Å². The summed E-state index contributed by atoms with van der Waals surface area (Å²) >= 11 is 19.3. The molecule has 0 aliphatic rings. The highest BCUT2D eigenvalue weighted by Gasteiger charge is 2.14. The summed E-state index contributed by atoms with van der Waals surface area (Å²) < 4.78 is 2.00. The van der Waals surface area contributed by atoms with Crippen LogP contribution in [0.1, 0.15) is 16.5 Å². The Hall–Kier alpha value is -0.0200. The average molecular weight is 395 g/mol. The molecule has 0 N–H and O–H groups in total. The van der Waals surface area contributed by atoms with Crippen molar-refractivity contribution in [1.29, 1.82) is 0 Å². The number of halogens is 4. The number of rotatable bonds is 2. The van der Waals surface area contributed by atoms with Gasteiger partial charge in [-0.15, -0.1) is 11.6 Å². The highest BCUT2D eigenvalue weighted by molar-refractivity contribution is 9.10. The summed E-state index contributed by atoms with van der Waals surface area (Å²) in [6.45, 7) is 0. The largest absolute Gasteiger partial charge is 0.113 e. The quantitative estimate of drug-likeness (QED) is 0.532. The molecule has 0 saturated heterocycles. The van der Waals surface area contributed by atoms with Crippen LogP contribution in [-0.4, -0.2) is 0 Å².